The number of ether oxygens (including phenoxy) is 1. The van der Waals surface area contributed by atoms with E-state index in [1.165, 1.54) is 19.4 Å². The molecule has 2 aromatic rings. The summed E-state index contributed by atoms with van der Waals surface area (Å²) in [6.45, 7) is 3.67. The van der Waals surface area contributed by atoms with Crippen LogP contribution in [0.25, 0.3) is 0 Å². The van der Waals surface area contributed by atoms with Gasteiger partial charge in [0, 0.05) is 29.9 Å². The lowest BCUT2D eigenvalue weighted by molar-refractivity contribution is 0.0697. The Labute approximate surface area is 163 Å². The number of hydrogen-bond acceptors (Lipinski definition) is 4. The number of likely N-dealkylation sites (tertiary alicyclic amines) is 1. The number of pyridine rings is 1. The first-order valence-corrected chi connectivity index (χ1v) is 9.26. The van der Waals surface area contributed by atoms with Crippen LogP contribution in [0.5, 0.6) is 5.75 Å². The van der Waals surface area contributed by atoms with Crippen molar-refractivity contribution < 1.29 is 14.3 Å². The monoisotopic (exact) mass is 387 g/mol. The van der Waals surface area contributed by atoms with E-state index >= 15 is 0 Å². The number of amides is 2. The molecule has 0 bridgehead atoms. The van der Waals surface area contributed by atoms with Crippen LogP contribution in [0, 0.1) is 5.92 Å². The van der Waals surface area contributed by atoms with Crippen molar-refractivity contribution in [3.8, 4) is 5.75 Å². The lowest BCUT2D eigenvalue weighted by Crippen LogP contribution is -2.38. The average Bonchev–Trinajstić information content (AvgIpc) is 2.68. The van der Waals surface area contributed by atoms with Crippen LogP contribution in [-0.2, 0) is 0 Å². The predicted octanol–water partition coefficient (Wildman–Crippen LogP) is 3.87. The molecule has 142 valence electrons. The van der Waals surface area contributed by atoms with Crippen molar-refractivity contribution in [3.63, 3.8) is 0 Å². The van der Waals surface area contributed by atoms with Crippen LogP contribution < -0.4 is 10.1 Å². The third-order valence-electron chi connectivity index (χ3n) is 4.72. The zero-order valence-corrected chi connectivity index (χ0v) is 16.1. The number of hydrogen-bond donors (Lipinski definition) is 1. The van der Waals surface area contributed by atoms with E-state index in [-0.39, 0.29) is 11.6 Å². The normalized spacial score (nSPS) is 14.7. The second-order valence-electron chi connectivity index (χ2n) is 6.70. The maximum absolute atomic E-state index is 12.7. The Balaban J connectivity index is 1.76. The van der Waals surface area contributed by atoms with Crippen LogP contribution in [0.1, 0.15) is 40.6 Å². The van der Waals surface area contributed by atoms with Gasteiger partial charge < -0.3 is 15.0 Å². The highest BCUT2D eigenvalue weighted by Gasteiger charge is 2.22. The molecule has 2 amide bonds. The molecule has 0 unspecified atom stereocenters. The number of rotatable bonds is 4. The van der Waals surface area contributed by atoms with Crippen LogP contribution in [-0.4, -0.2) is 41.9 Å². The molecule has 0 aliphatic carbocycles. The summed E-state index contributed by atoms with van der Waals surface area (Å²) in [6, 6.07) is 8.10. The van der Waals surface area contributed by atoms with E-state index in [9.17, 15) is 9.59 Å². The molecule has 0 saturated carbocycles. The molecule has 1 aromatic carbocycles. The van der Waals surface area contributed by atoms with Crippen LogP contribution in [0.2, 0.25) is 5.02 Å². The van der Waals surface area contributed by atoms with Gasteiger partial charge in [-0.25, -0.2) is 0 Å². The van der Waals surface area contributed by atoms with Gasteiger partial charge in [-0.2, -0.15) is 0 Å². The van der Waals surface area contributed by atoms with Gasteiger partial charge >= 0.3 is 0 Å². The number of carbonyl (C=O) groups excluding carboxylic acids is 2. The van der Waals surface area contributed by atoms with Crippen molar-refractivity contribution in [2.45, 2.75) is 19.8 Å². The molecule has 0 radical (unpaired) electrons. The highest BCUT2D eigenvalue weighted by Crippen LogP contribution is 2.28. The summed E-state index contributed by atoms with van der Waals surface area (Å²) in [5, 5.41) is 3.21. The molecule has 0 spiro atoms. The second-order valence-corrected chi connectivity index (χ2v) is 7.14. The summed E-state index contributed by atoms with van der Waals surface area (Å²) >= 11 is 5.99. The zero-order chi connectivity index (χ0) is 19.4. The topological polar surface area (TPSA) is 71.5 Å². The van der Waals surface area contributed by atoms with Crippen molar-refractivity contribution in [1.82, 2.24) is 9.88 Å². The Morgan fingerprint density at radius 1 is 1.22 bits per heavy atom. The lowest BCUT2D eigenvalue weighted by Gasteiger charge is -2.30. The summed E-state index contributed by atoms with van der Waals surface area (Å²) in [6.07, 6.45) is 3.47. The van der Waals surface area contributed by atoms with Crippen LogP contribution >= 0.6 is 11.6 Å². The van der Waals surface area contributed by atoms with Crippen LogP contribution in [0.15, 0.2) is 36.5 Å². The standard InChI is InChI=1S/C20H22ClN3O3/c1-13-6-9-24(10-7-13)20(26)14-5-8-22-17(11-14)19(25)23-16-12-15(21)3-4-18(16)27-2/h3-5,8,11-13H,6-7,9-10H2,1-2H3,(H,23,25). The summed E-state index contributed by atoms with van der Waals surface area (Å²) in [4.78, 5) is 31.2. The van der Waals surface area contributed by atoms with Gasteiger partial charge in [-0.05, 0) is 49.1 Å². The number of benzene rings is 1. The molecule has 27 heavy (non-hydrogen) atoms. The SMILES string of the molecule is COc1ccc(Cl)cc1NC(=O)c1cc(C(=O)N2CCC(C)CC2)ccn1. The van der Waals surface area contributed by atoms with Gasteiger partial charge in [0.05, 0.1) is 12.8 Å². The molecule has 3 rings (SSSR count). The Bertz CT molecular complexity index is 848. The first-order chi connectivity index (χ1) is 13.0. The number of aromatic nitrogens is 1. The third-order valence-corrected chi connectivity index (χ3v) is 4.96. The Hall–Kier alpha value is -2.60. The molecule has 1 saturated heterocycles. The van der Waals surface area contributed by atoms with Gasteiger partial charge in [0.25, 0.3) is 11.8 Å². The zero-order valence-electron chi connectivity index (χ0n) is 15.4. The van der Waals surface area contributed by atoms with Gasteiger partial charge in [-0.1, -0.05) is 18.5 Å². The summed E-state index contributed by atoms with van der Waals surface area (Å²) in [5.74, 6) is 0.624. The van der Waals surface area contributed by atoms with Gasteiger partial charge in [0.15, 0.2) is 0 Å². The molecule has 1 fully saturated rings. The highest BCUT2D eigenvalue weighted by atomic mass is 35.5. The molecule has 1 aliphatic rings. The number of halogens is 1. The number of piperidine rings is 1. The summed E-state index contributed by atoms with van der Waals surface area (Å²) in [5.41, 5.74) is 1.06. The van der Waals surface area contributed by atoms with Crippen molar-refractivity contribution in [1.29, 1.82) is 0 Å². The minimum absolute atomic E-state index is 0.0707. The fraction of sp³-hybridized carbons (Fsp3) is 0.350. The molecule has 1 N–H and O–H groups in total. The number of carbonyl (C=O) groups is 2. The largest absolute Gasteiger partial charge is 0.495 e. The van der Waals surface area contributed by atoms with Crippen LogP contribution in [0.4, 0.5) is 5.69 Å². The summed E-state index contributed by atoms with van der Waals surface area (Å²) in [7, 11) is 1.51. The number of nitrogens with one attached hydrogen (secondary N) is 1. The van der Waals surface area contributed by atoms with Gasteiger partial charge in [-0.15, -0.1) is 0 Å². The number of methoxy groups -OCH3 is 1. The highest BCUT2D eigenvalue weighted by molar-refractivity contribution is 6.31. The predicted molar refractivity (Wildman–Crippen MR) is 104 cm³/mol. The number of nitrogens with zero attached hydrogens (tertiary/aromatic N) is 2. The van der Waals surface area contributed by atoms with Crippen molar-refractivity contribution in [2.24, 2.45) is 5.92 Å². The van der Waals surface area contributed by atoms with Crippen molar-refractivity contribution >= 4 is 29.1 Å². The van der Waals surface area contributed by atoms with Gasteiger partial charge in [0.2, 0.25) is 0 Å². The molecular weight excluding hydrogens is 366 g/mol. The van der Waals surface area contributed by atoms with E-state index in [2.05, 4.69) is 17.2 Å². The molecule has 1 aliphatic heterocycles. The van der Waals surface area contributed by atoms with E-state index in [0.29, 0.717) is 27.9 Å². The molecule has 0 atom stereocenters. The van der Waals surface area contributed by atoms with Crippen molar-refractivity contribution in [2.75, 3.05) is 25.5 Å². The molecule has 1 aromatic heterocycles. The van der Waals surface area contributed by atoms with E-state index in [1.54, 1.807) is 24.3 Å². The maximum atomic E-state index is 12.7. The second kappa shape index (κ2) is 8.39. The molecule has 6 nitrogen and oxygen atoms in total. The third kappa shape index (κ3) is 4.57. The quantitative estimate of drug-likeness (QED) is 0.864. The van der Waals surface area contributed by atoms with E-state index in [4.69, 9.17) is 16.3 Å². The fourth-order valence-electron chi connectivity index (χ4n) is 3.05. The Kier molecular flexibility index (Phi) is 5.96. The Morgan fingerprint density at radius 3 is 2.67 bits per heavy atom. The average molecular weight is 388 g/mol. The molecule has 2 heterocycles. The van der Waals surface area contributed by atoms with Crippen LogP contribution in [0.3, 0.4) is 0 Å². The van der Waals surface area contributed by atoms with Crippen molar-refractivity contribution in [3.05, 3.63) is 52.8 Å². The maximum Gasteiger partial charge on any atom is 0.274 e. The minimum Gasteiger partial charge on any atom is -0.495 e. The van der Waals surface area contributed by atoms with E-state index in [0.717, 1.165) is 25.9 Å². The van der Waals surface area contributed by atoms with Gasteiger partial charge in [0.1, 0.15) is 11.4 Å². The first kappa shape index (κ1) is 19.2. The molecular formula is C20H22ClN3O3. The Morgan fingerprint density at radius 2 is 1.96 bits per heavy atom. The van der Waals surface area contributed by atoms with E-state index < -0.39 is 5.91 Å². The van der Waals surface area contributed by atoms with E-state index in [1.807, 2.05) is 4.90 Å². The van der Waals surface area contributed by atoms with Gasteiger partial charge in [-0.3, -0.25) is 14.6 Å². The first-order valence-electron chi connectivity index (χ1n) is 8.88. The lowest BCUT2D eigenvalue weighted by atomic mass is 9.98. The molecule has 7 heteroatoms. The number of anilines is 1. The summed E-state index contributed by atoms with van der Waals surface area (Å²) < 4.78 is 5.23. The minimum atomic E-state index is -0.433. The fourth-order valence-corrected chi connectivity index (χ4v) is 3.22. The smallest absolute Gasteiger partial charge is 0.274 e.